The van der Waals surface area contributed by atoms with E-state index in [2.05, 4.69) is 30.5 Å². The molecule has 0 radical (unpaired) electrons. The highest BCUT2D eigenvalue weighted by Gasteiger charge is 2.39. The standard InChI is InChI=1S/C15H29NO3Si/c1-6-17-20(18-7-2,19-8-3)13-9-12-16-14(4)10-11-15(16)5/h10-11H,6-9,12-13H2,1-5H3. The van der Waals surface area contributed by atoms with E-state index in [0.29, 0.717) is 19.8 Å². The maximum absolute atomic E-state index is 5.88. The minimum atomic E-state index is -2.48. The minimum Gasteiger partial charge on any atom is -0.374 e. The first-order valence-corrected chi connectivity index (χ1v) is 9.56. The van der Waals surface area contributed by atoms with Crippen molar-refractivity contribution in [2.75, 3.05) is 19.8 Å². The Morgan fingerprint density at radius 3 is 1.75 bits per heavy atom. The van der Waals surface area contributed by atoms with Crippen LogP contribution in [-0.4, -0.2) is 33.2 Å². The van der Waals surface area contributed by atoms with Crippen molar-refractivity contribution in [3.05, 3.63) is 23.5 Å². The SMILES string of the molecule is CCO[Si](CCCn1c(C)ccc1C)(OCC)OCC. The number of nitrogens with zero attached hydrogens (tertiary/aromatic N) is 1. The molecule has 1 aromatic rings. The first kappa shape index (κ1) is 17.4. The van der Waals surface area contributed by atoms with Crippen LogP contribution in [0.2, 0.25) is 6.04 Å². The Labute approximate surface area is 124 Å². The van der Waals surface area contributed by atoms with Crippen LogP contribution in [0.15, 0.2) is 12.1 Å². The summed E-state index contributed by atoms with van der Waals surface area (Å²) in [5.41, 5.74) is 2.61. The second-order valence-electron chi connectivity index (χ2n) is 4.85. The monoisotopic (exact) mass is 299 g/mol. The number of hydrogen-bond acceptors (Lipinski definition) is 3. The highest BCUT2D eigenvalue weighted by atomic mass is 28.4. The maximum Gasteiger partial charge on any atom is 0.500 e. The Kier molecular flexibility index (Phi) is 7.51. The van der Waals surface area contributed by atoms with E-state index < -0.39 is 8.80 Å². The molecular formula is C15H29NO3Si. The van der Waals surface area contributed by atoms with E-state index in [4.69, 9.17) is 13.3 Å². The molecule has 0 fully saturated rings. The van der Waals surface area contributed by atoms with Gasteiger partial charge in [-0.1, -0.05) is 0 Å². The summed E-state index contributed by atoms with van der Waals surface area (Å²) >= 11 is 0. The van der Waals surface area contributed by atoms with E-state index in [1.165, 1.54) is 11.4 Å². The van der Waals surface area contributed by atoms with Gasteiger partial charge in [-0.3, -0.25) is 0 Å². The molecule has 0 spiro atoms. The quantitative estimate of drug-likeness (QED) is 0.619. The largest absolute Gasteiger partial charge is 0.500 e. The predicted octanol–water partition coefficient (Wildman–Crippen LogP) is 3.54. The average Bonchev–Trinajstić information content (AvgIpc) is 2.71. The zero-order valence-electron chi connectivity index (χ0n) is 13.6. The topological polar surface area (TPSA) is 32.6 Å². The Hall–Kier alpha value is -0.623. The van der Waals surface area contributed by atoms with Gasteiger partial charge in [0.05, 0.1) is 0 Å². The van der Waals surface area contributed by atoms with Gasteiger partial charge in [-0.2, -0.15) is 0 Å². The lowest BCUT2D eigenvalue weighted by molar-refractivity contribution is 0.0705. The fourth-order valence-electron chi connectivity index (χ4n) is 2.51. The lowest BCUT2D eigenvalue weighted by atomic mass is 10.4. The van der Waals surface area contributed by atoms with E-state index in [1.54, 1.807) is 0 Å². The van der Waals surface area contributed by atoms with Gasteiger partial charge in [0, 0.05) is 43.8 Å². The average molecular weight is 299 g/mol. The molecule has 0 aromatic carbocycles. The third kappa shape index (κ3) is 4.73. The minimum absolute atomic E-state index is 0.647. The second kappa shape index (κ2) is 8.62. The fourth-order valence-corrected chi connectivity index (χ4v) is 5.10. The van der Waals surface area contributed by atoms with Gasteiger partial charge in [0.15, 0.2) is 0 Å². The molecule has 20 heavy (non-hydrogen) atoms. The summed E-state index contributed by atoms with van der Waals surface area (Å²) in [6.07, 6.45) is 1.02. The Bertz CT molecular complexity index is 356. The van der Waals surface area contributed by atoms with Crippen LogP contribution in [0.3, 0.4) is 0 Å². The van der Waals surface area contributed by atoms with E-state index in [9.17, 15) is 0 Å². The summed E-state index contributed by atoms with van der Waals surface area (Å²) in [5, 5.41) is 0. The molecule has 0 unspecified atom stereocenters. The number of rotatable bonds is 10. The molecule has 0 atom stereocenters. The molecule has 1 aromatic heterocycles. The van der Waals surface area contributed by atoms with Gasteiger partial charge in [0.1, 0.15) is 0 Å². The molecule has 0 aliphatic carbocycles. The van der Waals surface area contributed by atoms with Crippen LogP contribution in [0, 0.1) is 13.8 Å². The van der Waals surface area contributed by atoms with Crippen LogP contribution in [0.4, 0.5) is 0 Å². The summed E-state index contributed by atoms with van der Waals surface area (Å²) in [5.74, 6) is 0. The summed E-state index contributed by atoms with van der Waals surface area (Å²) in [6.45, 7) is 13.2. The molecule has 0 amide bonds. The number of aryl methyl sites for hydroxylation is 2. The molecule has 0 bridgehead atoms. The van der Waals surface area contributed by atoms with Crippen molar-refractivity contribution < 1.29 is 13.3 Å². The number of hydrogen-bond donors (Lipinski definition) is 0. The first-order chi connectivity index (χ1) is 9.58. The van der Waals surface area contributed by atoms with Crippen LogP contribution in [0.1, 0.15) is 38.6 Å². The van der Waals surface area contributed by atoms with Gasteiger partial charge in [-0.05, 0) is 53.2 Å². The van der Waals surface area contributed by atoms with Crippen molar-refractivity contribution in [2.45, 2.75) is 53.6 Å². The molecular weight excluding hydrogens is 270 g/mol. The Balaban J connectivity index is 2.61. The van der Waals surface area contributed by atoms with Gasteiger partial charge >= 0.3 is 8.80 Å². The van der Waals surface area contributed by atoms with Gasteiger partial charge in [-0.25, -0.2) is 0 Å². The van der Waals surface area contributed by atoms with Crippen LogP contribution in [0.5, 0.6) is 0 Å². The van der Waals surface area contributed by atoms with Crippen LogP contribution in [-0.2, 0) is 19.8 Å². The van der Waals surface area contributed by atoms with E-state index in [-0.39, 0.29) is 0 Å². The Morgan fingerprint density at radius 2 is 1.35 bits per heavy atom. The third-order valence-corrected chi connectivity index (χ3v) is 6.53. The van der Waals surface area contributed by atoms with Crippen molar-refractivity contribution in [3.8, 4) is 0 Å². The number of aromatic nitrogens is 1. The van der Waals surface area contributed by atoms with Gasteiger partial charge < -0.3 is 17.8 Å². The fraction of sp³-hybridized carbons (Fsp3) is 0.733. The molecule has 5 heteroatoms. The summed E-state index contributed by atoms with van der Waals surface area (Å²) in [6, 6.07) is 5.20. The molecule has 0 aliphatic rings. The summed E-state index contributed by atoms with van der Waals surface area (Å²) < 4.78 is 20.0. The van der Waals surface area contributed by atoms with Crippen molar-refractivity contribution in [1.82, 2.24) is 4.57 Å². The van der Waals surface area contributed by atoms with Gasteiger partial charge in [0.25, 0.3) is 0 Å². The van der Waals surface area contributed by atoms with Crippen molar-refractivity contribution in [2.24, 2.45) is 0 Å². The molecule has 1 rings (SSSR count). The van der Waals surface area contributed by atoms with Crippen LogP contribution in [0.25, 0.3) is 0 Å². The highest BCUT2D eigenvalue weighted by molar-refractivity contribution is 6.60. The molecule has 0 aliphatic heterocycles. The van der Waals surface area contributed by atoms with Gasteiger partial charge in [-0.15, -0.1) is 0 Å². The van der Waals surface area contributed by atoms with E-state index in [1.807, 2.05) is 20.8 Å². The smallest absolute Gasteiger partial charge is 0.374 e. The summed E-state index contributed by atoms with van der Waals surface area (Å²) in [4.78, 5) is 0. The first-order valence-electron chi connectivity index (χ1n) is 7.63. The molecule has 0 saturated carbocycles. The molecule has 4 nitrogen and oxygen atoms in total. The summed E-state index contributed by atoms with van der Waals surface area (Å²) in [7, 11) is -2.48. The maximum atomic E-state index is 5.88. The second-order valence-corrected chi connectivity index (χ2v) is 7.59. The normalized spacial score (nSPS) is 12.1. The zero-order valence-corrected chi connectivity index (χ0v) is 14.6. The Morgan fingerprint density at radius 1 is 0.900 bits per heavy atom. The lowest BCUT2D eigenvalue weighted by Crippen LogP contribution is -2.46. The van der Waals surface area contributed by atoms with Gasteiger partial charge in [0.2, 0.25) is 0 Å². The molecule has 0 N–H and O–H groups in total. The third-order valence-electron chi connectivity index (χ3n) is 3.37. The molecule has 116 valence electrons. The van der Waals surface area contributed by atoms with Crippen molar-refractivity contribution in [3.63, 3.8) is 0 Å². The van der Waals surface area contributed by atoms with Crippen LogP contribution < -0.4 is 0 Å². The van der Waals surface area contributed by atoms with Crippen LogP contribution >= 0.6 is 0 Å². The molecule has 1 heterocycles. The molecule has 0 saturated heterocycles. The predicted molar refractivity (Wildman–Crippen MR) is 84.0 cm³/mol. The highest BCUT2D eigenvalue weighted by Crippen LogP contribution is 2.19. The van der Waals surface area contributed by atoms with Crippen molar-refractivity contribution >= 4 is 8.80 Å². The lowest BCUT2D eigenvalue weighted by Gasteiger charge is -2.28. The van der Waals surface area contributed by atoms with E-state index in [0.717, 1.165) is 19.0 Å². The zero-order chi connectivity index (χ0) is 15.0. The van der Waals surface area contributed by atoms with Crippen molar-refractivity contribution in [1.29, 1.82) is 0 Å². The van der Waals surface area contributed by atoms with E-state index >= 15 is 0 Å².